The fraction of sp³-hybridized carbons (Fsp3) is 0.815. The molecule has 3 aliphatic heterocycles. The highest BCUT2D eigenvalue weighted by Crippen LogP contribution is 2.65. The van der Waals surface area contributed by atoms with Crippen molar-refractivity contribution in [1.82, 2.24) is 9.80 Å². The Labute approximate surface area is 210 Å². The maximum absolute atomic E-state index is 14.4. The largest absolute Gasteiger partial charge is 0.466 e. The fourth-order valence-corrected chi connectivity index (χ4v) is 6.73. The van der Waals surface area contributed by atoms with Crippen molar-refractivity contribution in [2.24, 2.45) is 23.7 Å². The molecule has 2 bridgehead atoms. The summed E-state index contributed by atoms with van der Waals surface area (Å²) in [4.78, 5) is 45.1. The normalized spacial score (nSPS) is 34.8. The summed E-state index contributed by atoms with van der Waals surface area (Å²) in [7, 11) is 0. The smallest absolute Gasteiger partial charge is 0.312 e. The molecule has 198 valence electrons. The summed E-state index contributed by atoms with van der Waals surface area (Å²) in [6.45, 7) is 19.6. The van der Waals surface area contributed by atoms with E-state index in [-0.39, 0.29) is 36.9 Å². The highest BCUT2D eigenvalue weighted by molar-refractivity contribution is 5.99. The molecule has 3 rings (SSSR count). The van der Waals surface area contributed by atoms with Gasteiger partial charge in [-0.3, -0.25) is 14.4 Å². The van der Waals surface area contributed by atoms with Crippen molar-refractivity contribution in [3.8, 4) is 0 Å². The molecule has 3 heterocycles. The molecular weight excluding hydrogens is 448 g/mol. The zero-order valence-electron chi connectivity index (χ0n) is 22.7. The van der Waals surface area contributed by atoms with Gasteiger partial charge in [0.25, 0.3) is 0 Å². The van der Waals surface area contributed by atoms with Crippen LogP contribution in [0, 0.1) is 23.7 Å². The Hall–Kier alpha value is -1.93. The number of amides is 2. The van der Waals surface area contributed by atoms with E-state index in [1.807, 2.05) is 48.5 Å². The second kappa shape index (κ2) is 9.51. The number of nitrogens with zero attached hydrogens (tertiary/aromatic N) is 2. The Morgan fingerprint density at radius 2 is 2.00 bits per heavy atom. The van der Waals surface area contributed by atoms with Gasteiger partial charge in [-0.05, 0) is 59.3 Å². The first-order valence-electron chi connectivity index (χ1n) is 12.9. The summed E-state index contributed by atoms with van der Waals surface area (Å²) >= 11 is 0. The van der Waals surface area contributed by atoms with Crippen LogP contribution in [-0.2, 0) is 23.9 Å². The second-order valence-electron chi connectivity index (χ2n) is 12.1. The third kappa shape index (κ3) is 4.20. The van der Waals surface area contributed by atoms with Gasteiger partial charge in [-0.25, -0.2) is 0 Å². The Bertz CT molecular complexity index is 866. The predicted octanol–water partition coefficient (Wildman–Crippen LogP) is 2.78. The van der Waals surface area contributed by atoms with E-state index < -0.39 is 46.6 Å². The van der Waals surface area contributed by atoms with E-state index in [4.69, 9.17) is 9.47 Å². The third-order valence-electron chi connectivity index (χ3n) is 8.26. The lowest BCUT2D eigenvalue weighted by molar-refractivity contribution is -0.164. The van der Waals surface area contributed by atoms with Crippen LogP contribution in [0.15, 0.2) is 12.7 Å². The van der Waals surface area contributed by atoms with Crippen LogP contribution in [0.5, 0.6) is 0 Å². The van der Waals surface area contributed by atoms with Crippen molar-refractivity contribution in [3.63, 3.8) is 0 Å². The number of carbonyl (C=O) groups excluding carboxylic acids is 3. The maximum atomic E-state index is 14.4. The third-order valence-corrected chi connectivity index (χ3v) is 8.26. The first-order chi connectivity index (χ1) is 16.2. The van der Waals surface area contributed by atoms with E-state index in [9.17, 15) is 19.5 Å². The highest BCUT2D eigenvalue weighted by Gasteiger charge is 2.80. The molecule has 1 spiro atoms. The fourth-order valence-electron chi connectivity index (χ4n) is 6.73. The first-order valence-corrected chi connectivity index (χ1v) is 12.9. The number of hydrogen-bond donors (Lipinski definition) is 1. The van der Waals surface area contributed by atoms with Gasteiger partial charge in [0.15, 0.2) is 0 Å². The number of likely N-dealkylation sites (tertiary alicyclic amines) is 1. The molecule has 3 aliphatic rings. The zero-order chi connectivity index (χ0) is 26.5. The van der Waals surface area contributed by atoms with Gasteiger partial charge >= 0.3 is 5.97 Å². The molecule has 0 aliphatic carbocycles. The predicted molar refractivity (Wildman–Crippen MR) is 132 cm³/mol. The van der Waals surface area contributed by atoms with E-state index in [1.54, 1.807) is 22.8 Å². The van der Waals surface area contributed by atoms with Crippen LogP contribution in [-0.4, -0.2) is 81.3 Å². The van der Waals surface area contributed by atoms with E-state index in [1.165, 1.54) is 0 Å². The summed E-state index contributed by atoms with van der Waals surface area (Å²) < 4.78 is 12.1. The van der Waals surface area contributed by atoms with Gasteiger partial charge in [-0.2, -0.15) is 0 Å². The standard InChI is InChI=1S/C27H44N2O6/c1-10-12-28(25(6,7)8)23(32)21-27-14-17(5)26(9,35-27)20(24(33)34-11-2)19(27)22(31)29(21)18(15-30)13-16(3)4/h10,16-21,30H,1,11-15H2,2-9H3/t17?,18-,19+,20+,21?,26-,27?/m1/s1. The number of aliphatic hydroxyl groups is 1. The average molecular weight is 493 g/mol. The summed E-state index contributed by atoms with van der Waals surface area (Å²) in [6, 6.07) is -1.51. The molecule has 7 atom stereocenters. The van der Waals surface area contributed by atoms with Gasteiger partial charge in [-0.1, -0.05) is 26.8 Å². The number of rotatable bonds is 9. The Morgan fingerprint density at radius 3 is 2.49 bits per heavy atom. The molecule has 0 saturated carbocycles. The second-order valence-corrected chi connectivity index (χ2v) is 12.1. The van der Waals surface area contributed by atoms with Crippen molar-refractivity contribution in [2.75, 3.05) is 19.8 Å². The molecule has 3 saturated heterocycles. The van der Waals surface area contributed by atoms with Crippen LogP contribution in [0.1, 0.15) is 68.2 Å². The van der Waals surface area contributed by atoms with Crippen molar-refractivity contribution >= 4 is 17.8 Å². The minimum absolute atomic E-state index is 0.0589. The molecular formula is C27H44N2O6. The minimum atomic E-state index is -1.16. The molecule has 3 unspecified atom stereocenters. The highest BCUT2D eigenvalue weighted by atomic mass is 16.6. The van der Waals surface area contributed by atoms with E-state index in [0.717, 1.165) is 0 Å². The summed E-state index contributed by atoms with van der Waals surface area (Å²) in [6.07, 6.45) is 2.69. The number of carbonyl (C=O) groups is 3. The average Bonchev–Trinajstić information content (AvgIpc) is 3.26. The molecule has 2 amide bonds. The van der Waals surface area contributed by atoms with Crippen molar-refractivity contribution < 1.29 is 29.0 Å². The Balaban J connectivity index is 2.21. The number of aliphatic hydroxyl groups excluding tert-OH is 1. The van der Waals surface area contributed by atoms with Crippen LogP contribution in [0.3, 0.4) is 0 Å². The van der Waals surface area contributed by atoms with Gasteiger partial charge in [0.05, 0.1) is 30.8 Å². The zero-order valence-corrected chi connectivity index (χ0v) is 22.7. The molecule has 8 heteroatoms. The molecule has 0 aromatic heterocycles. The molecule has 0 radical (unpaired) electrons. The monoisotopic (exact) mass is 492 g/mol. The van der Waals surface area contributed by atoms with Crippen molar-refractivity contribution in [1.29, 1.82) is 0 Å². The quantitative estimate of drug-likeness (QED) is 0.393. The van der Waals surface area contributed by atoms with Crippen molar-refractivity contribution in [3.05, 3.63) is 12.7 Å². The van der Waals surface area contributed by atoms with Gasteiger partial charge in [0, 0.05) is 12.1 Å². The van der Waals surface area contributed by atoms with Crippen LogP contribution in [0.2, 0.25) is 0 Å². The maximum Gasteiger partial charge on any atom is 0.312 e. The lowest BCUT2D eigenvalue weighted by Crippen LogP contribution is -2.61. The van der Waals surface area contributed by atoms with Gasteiger partial charge in [0.1, 0.15) is 17.6 Å². The molecule has 8 nitrogen and oxygen atoms in total. The Kier molecular flexibility index (Phi) is 7.51. The minimum Gasteiger partial charge on any atom is -0.466 e. The van der Waals surface area contributed by atoms with Crippen LogP contribution in [0.25, 0.3) is 0 Å². The van der Waals surface area contributed by atoms with E-state index in [2.05, 4.69) is 6.58 Å². The molecule has 0 aromatic rings. The van der Waals surface area contributed by atoms with Crippen LogP contribution >= 0.6 is 0 Å². The molecule has 0 aromatic carbocycles. The van der Waals surface area contributed by atoms with E-state index in [0.29, 0.717) is 19.4 Å². The molecule has 35 heavy (non-hydrogen) atoms. The first kappa shape index (κ1) is 27.7. The van der Waals surface area contributed by atoms with Gasteiger partial charge in [-0.15, -0.1) is 6.58 Å². The molecule has 1 N–H and O–H groups in total. The summed E-state index contributed by atoms with van der Waals surface area (Å²) in [5.41, 5.74) is -2.60. The SMILES string of the molecule is C=CCN(C(=O)C1N([C@@H](CO)CC(C)C)C(=O)[C@@H]2[C@@H](C(=O)OCC)[C@]3(C)OC12CC3C)C(C)(C)C. The van der Waals surface area contributed by atoms with Crippen LogP contribution < -0.4 is 0 Å². The van der Waals surface area contributed by atoms with Crippen LogP contribution in [0.4, 0.5) is 0 Å². The number of fused-ring (bicyclic) bond motifs is 1. The number of esters is 1. The number of hydrogen-bond acceptors (Lipinski definition) is 6. The summed E-state index contributed by atoms with van der Waals surface area (Å²) in [5.74, 6) is -2.51. The lowest BCUT2D eigenvalue weighted by Gasteiger charge is -2.43. The van der Waals surface area contributed by atoms with E-state index >= 15 is 0 Å². The summed E-state index contributed by atoms with van der Waals surface area (Å²) in [5, 5.41) is 10.4. The van der Waals surface area contributed by atoms with Crippen molar-refractivity contribution in [2.45, 2.75) is 97.1 Å². The Morgan fingerprint density at radius 1 is 1.37 bits per heavy atom. The number of ether oxygens (including phenoxy) is 2. The lowest BCUT2D eigenvalue weighted by atomic mass is 9.62. The van der Waals surface area contributed by atoms with Gasteiger partial charge < -0.3 is 24.4 Å². The van der Waals surface area contributed by atoms with Gasteiger partial charge in [0.2, 0.25) is 11.8 Å². The topological polar surface area (TPSA) is 96.4 Å². The molecule has 3 fully saturated rings.